The van der Waals surface area contributed by atoms with Crippen LogP contribution in [0.3, 0.4) is 0 Å². The Morgan fingerprint density at radius 3 is 2.35 bits per heavy atom. The number of hydrogen-bond donors (Lipinski definition) is 4. The number of carbonyl (C=O) groups is 2. The number of aromatic nitrogens is 2. The van der Waals surface area contributed by atoms with Crippen LogP contribution in [0.5, 0.6) is 5.75 Å². The molecule has 2 aromatic carbocycles. The predicted molar refractivity (Wildman–Crippen MR) is 150 cm³/mol. The zero-order valence-corrected chi connectivity index (χ0v) is 22.3. The molecular weight excluding hydrogens is 515 g/mol. The standard InChI is InChI=1S/C30H31FN4O5/c1-3-4-24(17-36)34-29(39)26-28(38)27-25(14-21(15-32-27)13-19-5-9-22(31)10-6-19)35(30(26)40)16-20-7-11-23(12-8-20)33-18(2)37/h5-12,14-15,24,36,38H,3-4,13,16-17H2,1-2H3,(H,33,37)(H,34,39). The highest BCUT2D eigenvalue weighted by Gasteiger charge is 2.25. The molecule has 2 amide bonds. The average Bonchev–Trinajstić information content (AvgIpc) is 2.92. The van der Waals surface area contributed by atoms with Gasteiger partial charge in [0.15, 0.2) is 5.75 Å². The van der Waals surface area contributed by atoms with Gasteiger partial charge in [-0.3, -0.25) is 19.4 Å². The summed E-state index contributed by atoms with van der Waals surface area (Å²) in [6.45, 7) is 3.05. The summed E-state index contributed by atoms with van der Waals surface area (Å²) in [7, 11) is 0. The van der Waals surface area contributed by atoms with Crippen LogP contribution >= 0.6 is 0 Å². The van der Waals surface area contributed by atoms with E-state index in [1.165, 1.54) is 29.8 Å². The maximum atomic E-state index is 13.7. The van der Waals surface area contributed by atoms with E-state index < -0.39 is 28.8 Å². The van der Waals surface area contributed by atoms with Gasteiger partial charge in [0.1, 0.15) is 16.9 Å². The molecule has 1 unspecified atom stereocenters. The van der Waals surface area contributed by atoms with Crippen molar-refractivity contribution in [1.82, 2.24) is 14.9 Å². The second kappa shape index (κ2) is 12.5. The Morgan fingerprint density at radius 1 is 1.05 bits per heavy atom. The molecule has 0 aliphatic rings. The van der Waals surface area contributed by atoms with Gasteiger partial charge in [0.25, 0.3) is 11.5 Å². The Morgan fingerprint density at radius 2 is 1.73 bits per heavy atom. The summed E-state index contributed by atoms with van der Waals surface area (Å²) in [6, 6.07) is 14.1. The second-order valence-electron chi connectivity index (χ2n) is 9.65. The van der Waals surface area contributed by atoms with Gasteiger partial charge < -0.3 is 25.4 Å². The molecular formula is C30H31FN4O5. The monoisotopic (exact) mass is 546 g/mol. The number of aliphatic hydroxyl groups is 1. The van der Waals surface area contributed by atoms with Gasteiger partial charge in [-0.2, -0.15) is 0 Å². The molecule has 40 heavy (non-hydrogen) atoms. The van der Waals surface area contributed by atoms with Crippen molar-refractivity contribution in [1.29, 1.82) is 0 Å². The molecule has 0 fully saturated rings. The van der Waals surface area contributed by atoms with Crippen molar-refractivity contribution in [2.75, 3.05) is 11.9 Å². The van der Waals surface area contributed by atoms with Crippen molar-refractivity contribution in [3.05, 3.63) is 99.2 Å². The van der Waals surface area contributed by atoms with Crippen molar-refractivity contribution in [2.45, 2.75) is 45.7 Å². The molecule has 0 aliphatic heterocycles. The smallest absolute Gasteiger partial charge is 0.268 e. The number of aromatic hydroxyl groups is 1. The lowest BCUT2D eigenvalue weighted by molar-refractivity contribution is -0.114. The van der Waals surface area contributed by atoms with Gasteiger partial charge in [0.05, 0.1) is 24.7 Å². The Kier molecular flexibility index (Phi) is 8.90. The Labute approximate surface area is 230 Å². The molecule has 0 radical (unpaired) electrons. The van der Waals surface area contributed by atoms with Crippen LogP contribution in [0.1, 0.15) is 53.7 Å². The summed E-state index contributed by atoms with van der Waals surface area (Å²) >= 11 is 0. The van der Waals surface area contributed by atoms with Crippen LogP contribution in [-0.2, 0) is 17.8 Å². The van der Waals surface area contributed by atoms with Gasteiger partial charge in [-0.25, -0.2) is 4.39 Å². The SMILES string of the molecule is CCCC(CO)NC(=O)c1c(O)c2ncc(Cc3ccc(F)cc3)cc2n(Cc2ccc(NC(C)=O)cc2)c1=O. The first-order valence-electron chi connectivity index (χ1n) is 13.0. The van der Waals surface area contributed by atoms with E-state index >= 15 is 0 Å². The number of rotatable bonds is 10. The van der Waals surface area contributed by atoms with Crippen molar-refractivity contribution in [3.8, 4) is 5.75 Å². The van der Waals surface area contributed by atoms with E-state index in [1.54, 1.807) is 42.5 Å². The van der Waals surface area contributed by atoms with Crippen LogP contribution < -0.4 is 16.2 Å². The maximum Gasteiger partial charge on any atom is 0.268 e. The third kappa shape index (κ3) is 6.52. The number of hydrogen-bond acceptors (Lipinski definition) is 6. The third-order valence-corrected chi connectivity index (χ3v) is 6.49. The van der Waals surface area contributed by atoms with Gasteiger partial charge in [-0.1, -0.05) is 37.6 Å². The van der Waals surface area contributed by atoms with Crippen molar-refractivity contribution < 1.29 is 24.2 Å². The summed E-state index contributed by atoms with van der Waals surface area (Å²) in [5.41, 5.74) is 2.05. The number of nitrogens with one attached hydrogen (secondary N) is 2. The van der Waals surface area contributed by atoms with Gasteiger partial charge in [-0.15, -0.1) is 0 Å². The fraction of sp³-hybridized carbons (Fsp3) is 0.267. The topological polar surface area (TPSA) is 134 Å². The minimum Gasteiger partial charge on any atom is -0.505 e. The van der Waals surface area contributed by atoms with Gasteiger partial charge in [-0.05, 0) is 59.9 Å². The van der Waals surface area contributed by atoms with E-state index in [2.05, 4.69) is 15.6 Å². The Balaban J connectivity index is 1.81. The van der Waals surface area contributed by atoms with Crippen molar-refractivity contribution >= 4 is 28.5 Å². The summed E-state index contributed by atoms with van der Waals surface area (Å²) in [5, 5.41) is 26.0. The first kappa shape index (κ1) is 28.4. The first-order chi connectivity index (χ1) is 19.2. The molecule has 10 heteroatoms. The molecule has 208 valence electrons. The zero-order valence-electron chi connectivity index (χ0n) is 22.3. The van der Waals surface area contributed by atoms with Crippen LogP contribution in [0, 0.1) is 5.82 Å². The van der Waals surface area contributed by atoms with Crippen LogP contribution in [0.25, 0.3) is 11.0 Å². The van der Waals surface area contributed by atoms with E-state index in [-0.39, 0.29) is 30.4 Å². The van der Waals surface area contributed by atoms with Crippen molar-refractivity contribution in [2.24, 2.45) is 0 Å². The number of carbonyl (C=O) groups excluding carboxylic acids is 2. The predicted octanol–water partition coefficient (Wildman–Crippen LogP) is 3.73. The highest BCUT2D eigenvalue weighted by molar-refractivity contribution is 6.01. The summed E-state index contributed by atoms with van der Waals surface area (Å²) in [4.78, 5) is 42.7. The van der Waals surface area contributed by atoms with Crippen LogP contribution in [0.2, 0.25) is 0 Å². The number of benzene rings is 2. The van der Waals surface area contributed by atoms with Crippen LogP contribution in [0.4, 0.5) is 10.1 Å². The van der Waals surface area contributed by atoms with Crippen LogP contribution in [-0.4, -0.2) is 44.2 Å². The molecule has 0 aliphatic carbocycles. The van der Waals surface area contributed by atoms with E-state index in [0.29, 0.717) is 41.6 Å². The molecule has 0 saturated carbocycles. The summed E-state index contributed by atoms with van der Waals surface area (Å²) in [6.07, 6.45) is 3.14. The quantitative estimate of drug-likeness (QED) is 0.240. The second-order valence-corrected chi connectivity index (χ2v) is 9.65. The molecule has 4 rings (SSSR count). The molecule has 2 heterocycles. The van der Waals surface area contributed by atoms with Crippen LogP contribution in [0.15, 0.2) is 65.6 Å². The highest BCUT2D eigenvalue weighted by atomic mass is 19.1. The molecule has 0 saturated heterocycles. The molecule has 0 bridgehead atoms. The molecule has 0 spiro atoms. The van der Waals surface area contributed by atoms with E-state index in [1.807, 2.05) is 6.92 Å². The summed E-state index contributed by atoms with van der Waals surface area (Å²) in [5.74, 6) is -1.91. The molecule has 1 atom stereocenters. The number of nitrogens with zero attached hydrogens (tertiary/aromatic N) is 2. The lowest BCUT2D eigenvalue weighted by atomic mass is 10.0. The molecule has 9 nitrogen and oxygen atoms in total. The van der Waals surface area contributed by atoms with Gasteiger partial charge in [0, 0.05) is 18.8 Å². The van der Waals surface area contributed by atoms with E-state index in [0.717, 1.165) is 5.56 Å². The fourth-order valence-electron chi connectivity index (χ4n) is 4.54. The van der Waals surface area contributed by atoms with Gasteiger partial charge in [0.2, 0.25) is 5.91 Å². The number of fused-ring (bicyclic) bond motifs is 1. The molecule has 4 N–H and O–H groups in total. The molecule has 4 aromatic rings. The van der Waals surface area contributed by atoms with E-state index in [4.69, 9.17) is 0 Å². The highest BCUT2D eigenvalue weighted by Crippen LogP contribution is 2.27. The fourth-order valence-corrected chi connectivity index (χ4v) is 4.54. The minimum absolute atomic E-state index is 0.0519. The van der Waals surface area contributed by atoms with Crippen molar-refractivity contribution in [3.63, 3.8) is 0 Å². The average molecular weight is 547 g/mol. The van der Waals surface area contributed by atoms with Gasteiger partial charge >= 0.3 is 0 Å². The number of anilines is 1. The minimum atomic E-state index is -0.802. The number of aliphatic hydroxyl groups excluding tert-OH is 1. The lowest BCUT2D eigenvalue weighted by Crippen LogP contribution is -2.41. The number of pyridine rings is 2. The third-order valence-electron chi connectivity index (χ3n) is 6.49. The zero-order chi connectivity index (χ0) is 28.8. The maximum absolute atomic E-state index is 13.7. The summed E-state index contributed by atoms with van der Waals surface area (Å²) < 4.78 is 14.7. The Bertz CT molecular complexity index is 1580. The molecule has 2 aromatic heterocycles. The number of halogens is 1. The normalized spacial score (nSPS) is 11.8. The number of amides is 2. The Hall–Kier alpha value is -4.57. The lowest BCUT2D eigenvalue weighted by Gasteiger charge is -2.18. The van der Waals surface area contributed by atoms with E-state index in [9.17, 15) is 29.0 Å². The largest absolute Gasteiger partial charge is 0.505 e. The first-order valence-corrected chi connectivity index (χ1v) is 13.0.